The van der Waals surface area contributed by atoms with E-state index in [2.05, 4.69) is 15.9 Å². The summed E-state index contributed by atoms with van der Waals surface area (Å²) in [7, 11) is 3.38. The molecule has 0 saturated carbocycles. The van der Waals surface area contributed by atoms with Gasteiger partial charge in [0.15, 0.2) is 0 Å². The molecule has 0 radical (unpaired) electrons. The van der Waals surface area contributed by atoms with Crippen LogP contribution in [0.15, 0.2) is 0 Å². The zero-order valence-electron chi connectivity index (χ0n) is 15.6. The first-order valence-electron chi connectivity index (χ1n) is 7.69. The molecule has 0 rings (SSSR count). The maximum atomic E-state index is 12.0. The lowest BCUT2D eigenvalue weighted by Gasteiger charge is -2.30. The molecule has 0 unspecified atom stereocenters. The maximum absolute atomic E-state index is 12.0. The summed E-state index contributed by atoms with van der Waals surface area (Å²) in [6, 6.07) is 0. The Morgan fingerprint density at radius 1 is 0.870 bits per heavy atom. The third kappa shape index (κ3) is 10.4. The fourth-order valence-corrected chi connectivity index (χ4v) is 2.17. The summed E-state index contributed by atoms with van der Waals surface area (Å²) in [5.74, 6) is 0.0741. The van der Waals surface area contributed by atoms with Crippen molar-refractivity contribution in [3.63, 3.8) is 0 Å². The summed E-state index contributed by atoms with van der Waals surface area (Å²) in [4.78, 5) is 27.1. The van der Waals surface area contributed by atoms with E-state index < -0.39 is 11.2 Å². The van der Waals surface area contributed by atoms with Crippen molar-refractivity contribution >= 4 is 28.1 Å². The van der Waals surface area contributed by atoms with Crippen LogP contribution in [-0.4, -0.2) is 65.7 Å². The summed E-state index contributed by atoms with van der Waals surface area (Å²) in [5, 5.41) is 0.660. The molecule has 2 amide bonds. The molecule has 0 heterocycles. The summed E-state index contributed by atoms with van der Waals surface area (Å²) < 4.78 is 10.7. The van der Waals surface area contributed by atoms with Crippen molar-refractivity contribution in [2.45, 2.75) is 52.7 Å². The lowest BCUT2D eigenvalue weighted by atomic mass is 10.1. The SMILES string of the molecule is CN(CC(CBr)CN(C)C(=O)OC(C)(C)C)C(=O)OC(C)(C)C. The minimum atomic E-state index is -0.525. The van der Waals surface area contributed by atoms with E-state index in [-0.39, 0.29) is 18.1 Å². The minimum Gasteiger partial charge on any atom is -0.444 e. The first kappa shape index (κ1) is 22.0. The highest BCUT2D eigenvalue weighted by Gasteiger charge is 2.25. The van der Waals surface area contributed by atoms with Crippen LogP contribution in [0.1, 0.15) is 41.5 Å². The number of carbonyl (C=O) groups is 2. The number of alkyl halides is 1. The van der Waals surface area contributed by atoms with Gasteiger partial charge in [-0.05, 0) is 41.5 Å². The second-order valence-electron chi connectivity index (χ2n) is 7.74. The Hall–Kier alpha value is -0.980. The molecule has 0 aromatic rings. The number of ether oxygens (including phenoxy) is 2. The molecule has 136 valence electrons. The van der Waals surface area contributed by atoms with E-state index in [1.165, 1.54) is 9.80 Å². The van der Waals surface area contributed by atoms with Crippen LogP contribution in [0, 0.1) is 5.92 Å². The Morgan fingerprint density at radius 3 is 1.39 bits per heavy atom. The van der Waals surface area contributed by atoms with E-state index in [0.717, 1.165) is 0 Å². The third-order valence-electron chi connectivity index (χ3n) is 2.69. The molecule has 0 N–H and O–H groups in total. The predicted octanol–water partition coefficient (Wildman–Crippen LogP) is 3.73. The lowest BCUT2D eigenvalue weighted by Crippen LogP contribution is -2.42. The molecular formula is C16H31BrN2O4. The number of halogens is 1. The van der Waals surface area contributed by atoms with Crippen molar-refractivity contribution in [1.82, 2.24) is 9.80 Å². The first-order valence-corrected chi connectivity index (χ1v) is 8.81. The number of hydrogen-bond acceptors (Lipinski definition) is 4. The summed E-state index contributed by atoms with van der Waals surface area (Å²) >= 11 is 3.44. The van der Waals surface area contributed by atoms with Crippen molar-refractivity contribution in [1.29, 1.82) is 0 Å². The van der Waals surface area contributed by atoms with E-state index in [4.69, 9.17) is 9.47 Å². The number of carbonyl (C=O) groups excluding carboxylic acids is 2. The van der Waals surface area contributed by atoms with Gasteiger partial charge in [-0.2, -0.15) is 0 Å². The molecule has 0 aromatic heterocycles. The molecular weight excluding hydrogens is 364 g/mol. The second-order valence-corrected chi connectivity index (χ2v) is 8.39. The quantitative estimate of drug-likeness (QED) is 0.666. The lowest BCUT2D eigenvalue weighted by molar-refractivity contribution is 0.0223. The van der Waals surface area contributed by atoms with Crippen LogP contribution >= 0.6 is 15.9 Å². The van der Waals surface area contributed by atoms with E-state index in [1.807, 2.05) is 41.5 Å². The molecule has 7 heteroatoms. The van der Waals surface area contributed by atoms with Crippen LogP contribution in [0.3, 0.4) is 0 Å². The molecule has 0 aromatic carbocycles. The third-order valence-corrected chi connectivity index (χ3v) is 3.61. The number of amides is 2. The van der Waals surface area contributed by atoms with E-state index in [1.54, 1.807) is 14.1 Å². The van der Waals surface area contributed by atoms with Crippen LogP contribution < -0.4 is 0 Å². The van der Waals surface area contributed by atoms with Crippen LogP contribution in [0.5, 0.6) is 0 Å². The van der Waals surface area contributed by atoms with Crippen molar-refractivity contribution in [2.24, 2.45) is 5.92 Å². The second kappa shape index (κ2) is 8.76. The Kier molecular flexibility index (Phi) is 8.38. The van der Waals surface area contributed by atoms with Crippen LogP contribution in [0.2, 0.25) is 0 Å². The molecule has 0 bridgehead atoms. The van der Waals surface area contributed by atoms with Crippen molar-refractivity contribution in [2.75, 3.05) is 32.5 Å². The van der Waals surface area contributed by atoms with Gasteiger partial charge in [0.05, 0.1) is 0 Å². The van der Waals surface area contributed by atoms with Gasteiger partial charge in [-0.15, -0.1) is 0 Å². The molecule has 0 atom stereocenters. The average molecular weight is 395 g/mol. The highest BCUT2D eigenvalue weighted by Crippen LogP contribution is 2.14. The first-order chi connectivity index (χ1) is 10.2. The molecule has 0 aliphatic rings. The number of rotatable bonds is 5. The highest BCUT2D eigenvalue weighted by molar-refractivity contribution is 9.09. The fraction of sp³-hybridized carbons (Fsp3) is 0.875. The minimum absolute atomic E-state index is 0.0741. The van der Waals surface area contributed by atoms with E-state index >= 15 is 0 Å². The van der Waals surface area contributed by atoms with Crippen molar-refractivity contribution < 1.29 is 19.1 Å². The van der Waals surface area contributed by atoms with Gasteiger partial charge in [0, 0.05) is 38.4 Å². The molecule has 23 heavy (non-hydrogen) atoms. The Balaban J connectivity index is 4.55. The van der Waals surface area contributed by atoms with Gasteiger partial charge in [-0.1, -0.05) is 15.9 Å². The maximum Gasteiger partial charge on any atom is 0.410 e. The van der Waals surface area contributed by atoms with E-state index in [0.29, 0.717) is 18.4 Å². The standard InChI is InChI=1S/C16H31BrN2O4/c1-15(2,3)22-13(20)18(7)10-12(9-17)11-19(8)14(21)23-16(4,5)6/h12H,9-11H2,1-8H3. The molecule has 0 aliphatic heterocycles. The van der Waals surface area contributed by atoms with Crippen LogP contribution in [-0.2, 0) is 9.47 Å². The van der Waals surface area contributed by atoms with Gasteiger partial charge in [0.2, 0.25) is 0 Å². The van der Waals surface area contributed by atoms with Gasteiger partial charge in [-0.25, -0.2) is 9.59 Å². The average Bonchev–Trinajstić information content (AvgIpc) is 2.33. The molecule has 0 fully saturated rings. The highest BCUT2D eigenvalue weighted by atomic mass is 79.9. The van der Waals surface area contributed by atoms with Gasteiger partial charge in [0.1, 0.15) is 11.2 Å². The van der Waals surface area contributed by atoms with Gasteiger partial charge >= 0.3 is 12.2 Å². The Bertz CT molecular complexity index is 366. The van der Waals surface area contributed by atoms with Crippen LogP contribution in [0.25, 0.3) is 0 Å². The van der Waals surface area contributed by atoms with Crippen molar-refractivity contribution in [3.05, 3.63) is 0 Å². The van der Waals surface area contributed by atoms with Crippen LogP contribution in [0.4, 0.5) is 9.59 Å². The Labute approximate surface area is 148 Å². The monoisotopic (exact) mass is 394 g/mol. The number of hydrogen-bond donors (Lipinski definition) is 0. The van der Waals surface area contributed by atoms with Gasteiger partial charge in [0.25, 0.3) is 0 Å². The zero-order valence-corrected chi connectivity index (χ0v) is 17.2. The molecule has 0 aliphatic carbocycles. The normalized spacial score (nSPS) is 12.1. The Morgan fingerprint density at radius 2 is 1.17 bits per heavy atom. The summed E-state index contributed by atoms with van der Waals surface area (Å²) in [6.45, 7) is 11.9. The number of nitrogens with zero attached hydrogens (tertiary/aromatic N) is 2. The molecule has 0 saturated heterocycles. The summed E-state index contributed by atoms with van der Waals surface area (Å²) in [6.07, 6.45) is -0.744. The molecule has 6 nitrogen and oxygen atoms in total. The topological polar surface area (TPSA) is 59.1 Å². The summed E-state index contributed by atoms with van der Waals surface area (Å²) in [5.41, 5.74) is -1.05. The molecule has 0 spiro atoms. The predicted molar refractivity (Wildman–Crippen MR) is 95.0 cm³/mol. The fourth-order valence-electron chi connectivity index (χ4n) is 1.76. The zero-order chi connectivity index (χ0) is 18.4. The largest absolute Gasteiger partial charge is 0.444 e. The van der Waals surface area contributed by atoms with Gasteiger partial charge < -0.3 is 19.3 Å². The van der Waals surface area contributed by atoms with Crippen molar-refractivity contribution in [3.8, 4) is 0 Å². The van der Waals surface area contributed by atoms with Gasteiger partial charge in [-0.3, -0.25) is 0 Å². The smallest absolute Gasteiger partial charge is 0.410 e. The van der Waals surface area contributed by atoms with E-state index in [9.17, 15) is 9.59 Å².